The highest BCUT2D eigenvalue weighted by Crippen LogP contribution is 2.42. The zero-order chi connectivity index (χ0) is 30.6. The van der Waals surface area contributed by atoms with E-state index in [1.54, 1.807) is 6.92 Å². The van der Waals surface area contributed by atoms with Gasteiger partial charge in [-0.3, -0.25) is 4.90 Å². The van der Waals surface area contributed by atoms with Gasteiger partial charge in [0.15, 0.2) is 5.82 Å². The maximum Gasteiger partial charge on any atom is 0.349 e. The number of nitrogens with zero attached hydrogens (tertiary/aromatic N) is 4. The predicted octanol–water partition coefficient (Wildman–Crippen LogP) is 4.72. The second kappa shape index (κ2) is 11.0. The van der Waals surface area contributed by atoms with Gasteiger partial charge in [-0.15, -0.1) is 6.42 Å². The van der Waals surface area contributed by atoms with Gasteiger partial charge >= 0.3 is 11.6 Å². The van der Waals surface area contributed by atoms with Crippen molar-refractivity contribution in [1.82, 2.24) is 14.9 Å². The lowest BCUT2D eigenvalue weighted by molar-refractivity contribution is 0.107. The first-order valence-electron chi connectivity index (χ1n) is 14.9. The van der Waals surface area contributed by atoms with Gasteiger partial charge in [-0.2, -0.15) is 9.97 Å². The molecule has 3 fully saturated rings. The van der Waals surface area contributed by atoms with E-state index in [4.69, 9.17) is 30.3 Å². The van der Waals surface area contributed by atoms with Gasteiger partial charge in [0.05, 0.1) is 23.2 Å². The molecule has 3 aliphatic rings. The summed E-state index contributed by atoms with van der Waals surface area (Å²) in [6.07, 6.45) is 7.70. The number of ether oxygens (including phenoxy) is 2. The number of anilines is 1. The van der Waals surface area contributed by atoms with Crippen LogP contribution in [0.25, 0.3) is 33.0 Å². The zero-order valence-electron chi connectivity index (χ0n) is 24.4. The lowest BCUT2D eigenvalue weighted by atomic mass is 9.95. The van der Waals surface area contributed by atoms with Crippen LogP contribution in [0.5, 0.6) is 11.8 Å². The first-order valence-corrected chi connectivity index (χ1v) is 14.9. The molecule has 0 bridgehead atoms. The van der Waals surface area contributed by atoms with Crippen LogP contribution in [0.2, 0.25) is 0 Å². The number of aromatic nitrogens is 2. The first kappa shape index (κ1) is 28.5. The number of alkyl halides is 1. The molecule has 1 N–H and O–H groups in total. The molecule has 5 heterocycles. The van der Waals surface area contributed by atoms with Crippen LogP contribution in [0.1, 0.15) is 36.8 Å². The summed E-state index contributed by atoms with van der Waals surface area (Å²) in [4.78, 5) is 27.3. The molecule has 2 atom stereocenters. The first-order chi connectivity index (χ1) is 21.3. The number of phenolic OH excluding ortho intramolecular Hbond substituents is 1. The molecule has 11 heteroatoms. The highest BCUT2D eigenvalue weighted by Gasteiger charge is 2.49. The molecule has 7 rings (SSSR count). The van der Waals surface area contributed by atoms with E-state index in [1.165, 1.54) is 24.3 Å². The molecule has 0 saturated carbocycles. The van der Waals surface area contributed by atoms with Gasteiger partial charge in [-0.05, 0) is 56.3 Å². The number of rotatable bonds is 5. The maximum absolute atomic E-state index is 14.8. The van der Waals surface area contributed by atoms with Gasteiger partial charge in [0.25, 0.3) is 0 Å². The minimum absolute atomic E-state index is 0.0142. The Balaban J connectivity index is 1.42. The minimum Gasteiger partial charge on any atom is -0.508 e. The number of benzene rings is 2. The number of halogens is 2. The monoisotopic (exact) mass is 602 g/mol. The Bertz CT molecular complexity index is 1880. The number of aromatic hydroxyl groups is 1. The summed E-state index contributed by atoms with van der Waals surface area (Å²) in [6.45, 7) is 5.30. The van der Waals surface area contributed by atoms with Gasteiger partial charge in [0.1, 0.15) is 35.5 Å². The van der Waals surface area contributed by atoms with E-state index in [-0.39, 0.29) is 40.6 Å². The summed E-state index contributed by atoms with van der Waals surface area (Å²) < 4.78 is 47.1. The number of hydrogen-bond donors (Lipinski definition) is 1. The summed E-state index contributed by atoms with van der Waals surface area (Å²) in [6, 6.07) is 5.67. The molecular formula is C33H32F2N4O5. The van der Waals surface area contributed by atoms with Gasteiger partial charge in [-0.1, -0.05) is 12.0 Å². The Kier molecular flexibility index (Phi) is 7.14. The second-order valence-electron chi connectivity index (χ2n) is 11.9. The summed E-state index contributed by atoms with van der Waals surface area (Å²) in [5, 5.41) is 11.6. The van der Waals surface area contributed by atoms with Crippen molar-refractivity contribution in [2.45, 2.75) is 44.3 Å². The molecule has 0 amide bonds. The molecule has 0 radical (unpaired) electrons. The lowest BCUT2D eigenvalue weighted by Crippen LogP contribution is -2.43. The number of terminal acetylenes is 1. The lowest BCUT2D eigenvalue weighted by Gasteiger charge is -2.31. The summed E-state index contributed by atoms with van der Waals surface area (Å²) >= 11 is 0. The molecular weight excluding hydrogens is 570 g/mol. The van der Waals surface area contributed by atoms with E-state index < -0.39 is 23.2 Å². The quantitative estimate of drug-likeness (QED) is 0.325. The van der Waals surface area contributed by atoms with Gasteiger partial charge in [-0.25, -0.2) is 13.6 Å². The van der Waals surface area contributed by atoms with Crippen LogP contribution >= 0.6 is 0 Å². The number of fused-ring (bicyclic) bond motifs is 3. The second-order valence-corrected chi connectivity index (χ2v) is 11.9. The number of phenols is 1. The minimum atomic E-state index is -0.909. The van der Waals surface area contributed by atoms with E-state index in [0.717, 1.165) is 25.8 Å². The topological polar surface area (TPSA) is 101 Å². The van der Waals surface area contributed by atoms with Crippen LogP contribution in [0.15, 0.2) is 33.5 Å². The average Bonchev–Trinajstić information content (AvgIpc) is 3.38. The highest BCUT2D eigenvalue weighted by atomic mass is 19.1. The van der Waals surface area contributed by atoms with Crippen molar-refractivity contribution in [3.05, 3.63) is 51.6 Å². The third-order valence-corrected chi connectivity index (χ3v) is 9.16. The summed E-state index contributed by atoms with van der Waals surface area (Å²) in [5.74, 6) is 2.14. The van der Waals surface area contributed by atoms with Gasteiger partial charge < -0.3 is 23.9 Å². The van der Waals surface area contributed by atoms with Crippen molar-refractivity contribution >= 4 is 27.5 Å². The van der Waals surface area contributed by atoms with E-state index in [0.29, 0.717) is 66.9 Å². The van der Waals surface area contributed by atoms with Gasteiger partial charge in [0.2, 0.25) is 0 Å². The van der Waals surface area contributed by atoms with Crippen LogP contribution in [0.3, 0.4) is 0 Å². The Morgan fingerprint density at radius 2 is 2.05 bits per heavy atom. The van der Waals surface area contributed by atoms with Crippen molar-refractivity contribution in [2.24, 2.45) is 0 Å². The van der Waals surface area contributed by atoms with E-state index >= 15 is 0 Å². The van der Waals surface area contributed by atoms with Gasteiger partial charge in [0, 0.05) is 49.2 Å². The molecule has 2 aromatic heterocycles. The van der Waals surface area contributed by atoms with Crippen molar-refractivity contribution in [2.75, 3.05) is 50.9 Å². The summed E-state index contributed by atoms with van der Waals surface area (Å²) in [7, 11) is 0. The van der Waals surface area contributed by atoms with E-state index in [2.05, 4.69) is 10.8 Å². The molecule has 2 aromatic carbocycles. The molecule has 2 unspecified atom stereocenters. The van der Waals surface area contributed by atoms with Crippen molar-refractivity contribution in [3.63, 3.8) is 0 Å². The SMILES string of the molecule is C#Cc1c(F)ccc2cc(O)cc(-c3oc(=O)c4c(N5CCCOCC5)nc(OCC56CCCN5CC(F)C6)nc4c3C)c12. The van der Waals surface area contributed by atoms with Crippen LogP contribution in [-0.2, 0) is 4.74 Å². The maximum atomic E-state index is 14.8. The van der Waals surface area contributed by atoms with Crippen LogP contribution < -0.4 is 15.3 Å². The smallest absolute Gasteiger partial charge is 0.349 e. The fraction of sp³-hybridized carbons (Fsp3) is 0.424. The Morgan fingerprint density at radius 1 is 1.18 bits per heavy atom. The normalized spacial score (nSPS) is 22.3. The number of aryl methyl sites for hydroxylation is 1. The Hall–Kier alpha value is -4.27. The van der Waals surface area contributed by atoms with Crippen molar-refractivity contribution in [3.8, 4) is 35.4 Å². The van der Waals surface area contributed by atoms with Crippen molar-refractivity contribution in [1.29, 1.82) is 0 Å². The Labute approximate surface area is 252 Å². The van der Waals surface area contributed by atoms with Crippen LogP contribution in [0.4, 0.5) is 14.6 Å². The zero-order valence-corrected chi connectivity index (χ0v) is 24.4. The van der Waals surface area contributed by atoms with Crippen molar-refractivity contribution < 1.29 is 27.8 Å². The summed E-state index contributed by atoms with van der Waals surface area (Å²) in [5.41, 5.74) is -0.106. The van der Waals surface area contributed by atoms with Crippen LogP contribution in [0, 0.1) is 25.1 Å². The molecule has 3 aliphatic heterocycles. The van der Waals surface area contributed by atoms with E-state index in [9.17, 15) is 18.7 Å². The standard InChI is InChI=1S/C33H32F2N4O5/c1-3-23-25(35)7-6-20-14-22(40)15-24(26(20)23)29-19(2)28-27(31(41)44-29)30(38-9-5-12-42-13-11-38)37-32(36-28)43-18-33-8-4-10-39(33)17-21(34)16-33/h1,6-7,14-15,21,40H,4-5,8-13,16-18H2,2H3. The molecule has 4 aromatic rings. The largest absolute Gasteiger partial charge is 0.508 e. The molecule has 228 valence electrons. The molecule has 0 spiro atoms. The predicted molar refractivity (Wildman–Crippen MR) is 162 cm³/mol. The molecule has 0 aliphatic carbocycles. The van der Waals surface area contributed by atoms with Crippen LogP contribution in [-0.4, -0.2) is 77.7 Å². The third-order valence-electron chi connectivity index (χ3n) is 9.16. The fourth-order valence-corrected chi connectivity index (χ4v) is 7.12. The Morgan fingerprint density at radius 3 is 2.89 bits per heavy atom. The van der Waals surface area contributed by atoms with E-state index in [1.807, 2.05) is 4.90 Å². The third kappa shape index (κ3) is 4.73. The molecule has 44 heavy (non-hydrogen) atoms. The number of hydrogen-bond acceptors (Lipinski definition) is 9. The highest BCUT2D eigenvalue weighted by molar-refractivity contribution is 6.03. The molecule has 9 nitrogen and oxygen atoms in total. The average molecular weight is 603 g/mol. The fourth-order valence-electron chi connectivity index (χ4n) is 7.12. The molecule has 3 saturated heterocycles.